The van der Waals surface area contributed by atoms with Crippen molar-refractivity contribution in [3.8, 4) is 0 Å². The summed E-state index contributed by atoms with van der Waals surface area (Å²) in [5.74, 6) is 1.98. The molecule has 0 bridgehead atoms. The fraction of sp³-hybridized carbons (Fsp3) is 0.269. The predicted octanol–water partition coefficient (Wildman–Crippen LogP) is 5.50. The first-order chi connectivity index (χ1) is 15.9. The highest BCUT2D eigenvalue weighted by Crippen LogP contribution is 2.31. The van der Waals surface area contributed by atoms with E-state index in [1.165, 1.54) is 28.0 Å². The Morgan fingerprint density at radius 1 is 0.938 bits per heavy atom. The van der Waals surface area contributed by atoms with Crippen LogP contribution in [0.15, 0.2) is 78.4 Å². The summed E-state index contributed by atoms with van der Waals surface area (Å²) < 4.78 is 2.32. The molecule has 1 aliphatic carbocycles. The Labute approximate surface area is 193 Å². The highest BCUT2D eigenvalue weighted by molar-refractivity contribution is 7.98. The maximum Gasteiger partial charge on any atom is 0.191 e. The number of aromatic amines is 1. The molecule has 32 heavy (non-hydrogen) atoms. The minimum Gasteiger partial charge on any atom is -0.348 e. The standard InChI is InChI=1S/C26H27N5S/c1-2-7-20(8-3-1)18-32-26-30-29-25(31(26)16-6-10-23-17-27-19-28-23)15-14-22-13-12-21-9-4-5-11-24(21)22/h1-5,7-9,11,13,17,19H,6,10,12,14-16,18H2,(H,27,28). The van der Waals surface area contributed by atoms with E-state index in [1.54, 1.807) is 18.1 Å². The van der Waals surface area contributed by atoms with E-state index in [1.807, 2.05) is 6.20 Å². The normalized spacial score (nSPS) is 12.7. The summed E-state index contributed by atoms with van der Waals surface area (Å²) in [4.78, 5) is 7.33. The molecule has 0 aliphatic heterocycles. The van der Waals surface area contributed by atoms with Crippen molar-refractivity contribution in [1.29, 1.82) is 0 Å². The van der Waals surface area contributed by atoms with Crippen molar-refractivity contribution >= 4 is 17.3 Å². The molecule has 6 heteroatoms. The zero-order valence-electron chi connectivity index (χ0n) is 18.1. The third-order valence-corrected chi connectivity index (χ3v) is 6.97. The fourth-order valence-corrected chi connectivity index (χ4v) is 5.18. The van der Waals surface area contributed by atoms with Crippen LogP contribution in [0.2, 0.25) is 0 Å². The molecule has 5 rings (SSSR count). The lowest BCUT2D eigenvalue weighted by Gasteiger charge is -2.11. The molecule has 0 saturated heterocycles. The number of fused-ring (bicyclic) bond motifs is 1. The summed E-state index contributed by atoms with van der Waals surface area (Å²) in [6.45, 7) is 0.911. The van der Waals surface area contributed by atoms with Gasteiger partial charge in [0.05, 0.1) is 6.33 Å². The van der Waals surface area contributed by atoms with E-state index in [0.717, 1.165) is 55.4 Å². The van der Waals surface area contributed by atoms with E-state index in [9.17, 15) is 0 Å². The van der Waals surface area contributed by atoms with Crippen LogP contribution in [0.3, 0.4) is 0 Å². The van der Waals surface area contributed by atoms with E-state index in [2.05, 4.69) is 85.4 Å². The van der Waals surface area contributed by atoms with Gasteiger partial charge in [-0.2, -0.15) is 0 Å². The predicted molar refractivity (Wildman–Crippen MR) is 129 cm³/mol. The second-order valence-electron chi connectivity index (χ2n) is 8.10. The van der Waals surface area contributed by atoms with Gasteiger partial charge in [-0.3, -0.25) is 0 Å². The highest BCUT2D eigenvalue weighted by atomic mass is 32.2. The molecule has 0 atom stereocenters. The number of benzene rings is 2. The Kier molecular flexibility index (Phi) is 6.49. The Morgan fingerprint density at radius 2 is 1.81 bits per heavy atom. The number of thioether (sulfide) groups is 1. The van der Waals surface area contributed by atoms with E-state index in [-0.39, 0.29) is 0 Å². The average Bonchev–Trinajstić information content (AvgIpc) is 3.58. The zero-order chi connectivity index (χ0) is 21.6. The highest BCUT2D eigenvalue weighted by Gasteiger charge is 2.17. The molecule has 0 spiro atoms. The third kappa shape index (κ3) is 4.86. The van der Waals surface area contributed by atoms with Crippen molar-refractivity contribution in [2.45, 2.75) is 49.6 Å². The molecule has 0 fully saturated rings. The molecule has 1 N–H and O–H groups in total. The summed E-state index contributed by atoms with van der Waals surface area (Å²) in [5, 5.41) is 10.2. The van der Waals surface area contributed by atoms with Crippen molar-refractivity contribution in [2.24, 2.45) is 0 Å². The first kappa shape index (κ1) is 20.8. The number of hydrogen-bond donors (Lipinski definition) is 1. The van der Waals surface area contributed by atoms with Crippen LogP contribution in [-0.2, 0) is 31.6 Å². The second-order valence-corrected chi connectivity index (χ2v) is 9.04. The monoisotopic (exact) mass is 441 g/mol. The topological polar surface area (TPSA) is 59.4 Å². The van der Waals surface area contributed by atoms with Crippen LogP contribution in [0.5, 0.6) is 0 Å². The second kappa shape index (κ2) is 10.0. The van der Waals surface area contributed by atoms with Crippen LogP contribution >= 0.6 is 11.8 Å². The zero-order valence-corrected chi connectivity index (χ0v) is 18.9. The van der Waals surface area contributed by atoms with Gasteiger partial charge in [-0.25, -0.2) is 4.98 Å². The van der Waals surface area contributed by atoms with Gasteiger partial charge in [0.15, 0.2) is 5.16 Å². The Hall–Kier alpha value is -3.12. The van der Waals surface area contributed by atoms with E-state index in [4.69, 9.17) is 0 Å². The lowest BCUT2D eigenvalue weighted by molar-refractivity contribution is 0.567. The summed E-state index contributed by atoms with van der Waals surface area (Å²) in [5.41, 5.74) is 6.75. The fourth-order valence-electron chi connectivity index (χ4n) is 4.24. The lowest BCUT2D eigenvalue weighted by atomic mass is 10.0. The van der Waals surface area contributed by atoms with Crippen LogP contribution in [0.4, 0.5) is 0 Å². The van der Waals surface area contributed by atoms with Crippen molar-refractivity contribution in [3.05, 3.63) is 101 Å². The first-order valence-corrected chi connectivity index (χ1v) is 12.2. The molecule has 0 unspecified atom stereocenters. The van der Waals surface area contributed by atoms with E-state index >= 15 is 0 Å². The molecule has 0 saturated carbocycles. The number of hydrogen-bond acceptors (Lipinski definition) is 4. The minimum absolute atomic E-state index is 0.901. The van der Waals surface area contributed by atoms with Gasteiger partial charge in [-0.1, -0.05) is 72.4 Å². The minimum atomic E-state index is 0.901. The quantitative estimate of drug-likeness (QED) is 0.330. The van der Waals surface area contributed by atoms with Crippen LogP contribution < -0.4 is 0 Å². The van der Waals surface area contributed by atoms with E-state index < -0.39 is 0 Å². The average molecular weight is 442 g/mol. The molecule has 0 radical (unpaired) electrons. The van der Waals surface area contributed by atoms with Gasteiger partial charge in [-0.05, 0) is 47.9 Å². The first-order valence-electron chi connectivity index (χ1n) is 11.2. The molecule has 162 valence electrons. The molecular formula is C26H27N5S. The lowest BCUT2D eigenvalue weighted by Crippen LogP contribution is -2.07. The number of H-pyrrole nitrogens is 1. The Balaban J connectivity index is 1.28. The van der Waals surface area contributed by atoms with Crippen LogP contribution in [0.1, 0.15) is 41.1 Å². The van der Waals surface area contributed by atoms with Crippen molar-refractivity contribution in [3.63, 3.8) is 0 Å². The molecule has 2 aromatic heterocycles. The van der Waals surface area contributed by atoms with E-state index in [0.29, 0.717) is 0 Å². The van der Waals surface area contributed by atoms with Crippen molar-refractivity contribution < 1.29 is 0 Å². The maximum absolute atomic E-state index is 4.61. The SMILES string of the molecule is C1=C(CCc2nnc(SCc3ccccc3)n2CCCc2cnc[nH]2)c2ccccc2C1. The smallest absolute Gasteiger partial charge is 0.191 e. The van der Waals surface area contributed by atoms with Crippen molar-refractivity contribution in [2.75, 3.05) is 0 Å². The molecule has 1 aliphatic rings. The van der Waals surface area contributed by atoms with Crippen LogP contribution in [0.25, 0.3) is 5.57 Å². The number of allylic oxidation sites excluding steroid dienone is 2. The Bertz CT molecular complexity index is 1180. The molecule has 2 aromatic carbocycles. The van der Waals surface area contributed by atoms with Crippen LogP contribution in [0, 0.1) is 0 Å². The van der Waals surface area contributed by atoms with Gasteiger partial charge in [0, 0.05) is 30.6 Å². The number of aromatic nitrogens is 5. The van der Waals surface area contributed by atoms with Crippen LogP contribution in [-0.4, -0.2) is 24.7 Å². The number of nitrogens with zero attached hydrogens (tertiary/aromatic N) is 4. The Morgan fingerprint density at radius 3 is 2.69 bits per heavy atom. The van der Waals surface area contributed by atoms with Gasteiger partial charge in [0.1, 0.15) is 5.82 Å². The number of imidazole rings is 1. The molecule has 4 aromatic rings. The van der Waals surface area contributed by atoms with Gasteiger partial charge in [0.2, 0.25) is 0 Å². The van der Waals surface area contributed by atoms with Crippen molar-refractivity contribution in [1.82, 2.24) is 24.7 Å². The third-order valence-electron chi connectivity index (χ3n) is 5.94. The summed E-state index contributed by atoms with van der Waals surface area (Å²) in [7, 11) is 0. The number of nitrogens with one attached hydrogen (secondary N) is 1. The number of aryl methyl sites for hydroxylation is 2. The van der Waals surface area contributed by atoms with Gasteiger partial charge in [0.25, 0.3) is 0 Å². The molecule has 0 amide bonds. The maximum atomic E-state index is 4.61. The number of rotatable bonds is 10. The molecular weight excluding hydrogens is 414 g/mol. The summed E-state index contributed by atoms with van der Waals surface area (Å²) in [6.07, 6.45) is 11.0. The van der Waals surface area contributed by atoms with Gasteiger partial charge < -0.3 is 9.55 Å². The summed E-state index contributed by atoms with van der Waals surface area (Å²) in [6, 6.07) is 19.3. The molecule has 5 nitrogen and oxygen atoms in total. The van der Waals surface area contributed by atoms with Gasteiger partial charge >= 0.3 is 0 Å². The summed E-state index contributed by atoms with van der Waals surface area (Å²) >= 11 is 1.77. The molecule has 2 heterocycles. The largest absolute Gasteiger partial charge is 0.348 e. The van der Waals surface area contributed by atoms with Gasteiger partial charge in [-0.15, -0.1) is 10.2 Å².